The third kappa shape index (κ3) is 3.41. The Bertz CT molecular complexity index is 1190. The van der Waals surface area contributed by atoms with E-state index in [2.05, 4.69) is 11.9 Å². The Morgan fingerprint density at radius 1 is 1.07 bits per heavy atom. The van der Waals surface area contributed by atoms with Gasteiger partial charge in [0.2, 0.25) is 0 Å². The molecule has 4 rings (SSSR count). The maximum absolute atomic E-state index is 11.5. The molecule has 2 heterocycles. The predicted octanol–water partition coefficient (Wildman–Crippen LogP) is 4.65. The number of hydrogen-bond acceptors (Lipinski definition) is 3. The highest BCUT2D eigenvalue weighted by Gasteiger charge is 2.17. The monoisotopic (exact) mass is 386 g/mol. The second-order valence-corrected chi connectivity index (χ2v) is 7.10. The lowest BCUT2D eigenvalue weighted by Crippen LogP contribution is -2.06. The van der Waals surface area contributed by atoms with Gasteiger partial charge in [-0.2, -0.15) is 0 Å². The van der Waals surface area contributed by atoms with Gasteiger partial charge in [0.25, 0.3) is 0 Å². The van der Waals surface area contributed by atoms with Gasteiger partial charge in [-0.25, -0.2) is 9.78 Å². The molecular formula is C24H22N2O3. The fourth-order valence-corrected chi connectivity index (χ4v) is 3.60. The molecule has 0 aliphatic heterocycles. The Hall–Kier alpha value is -3.44. The lowest BCUT2D eigenvalue weighted by atomic mass is 9.97. The summed E-state index contributed by atoms with van der Waals surface area (Å²) >= 11 is 0. The van der Waals surface area contributed by atoms with E-state index in [4.69, 9.17) is 0 Å². The number of rotatable bonds is 5. The molecule has 0 saturated carbocycles. The Balaban J connectivity index is 1.72. The van der Waals surface area contributed by atoms with Crippen LogP contribution in [0.2, 0.25) is 0 Å². The number of pyridine rings is 1. The Labute approximate surface area is 168 Å². The quantitative estimate of drug-likeness (QED) is 0.523. The average molecular weight is 386 g/mol. The van der Waals surface area contributed by atoms with Crippen LogP contribution in [-0.4, -0.2) is 25.6 Å². The molecule has 5 nitrogen and oxygen atoms in total. The first-order valence-electron chi connectivity index (χ1n) is 9.57. The molecule has 0 aliphatic carbocycles. The smallest absolute Gasteiger partial charge is 0.336 e. The summed E-state index contributed by atoms with van der Waals surface area (Å²) in [6.07, 6.45) is 1.98. The number of fused-ring (bicyclic) bond motifs is 1. The lowest BCUT2D eigenvalue weighted by molar-refractivity contribution is 0.0697. The molecular weight excluding hydrogens is 364 g/mol. The maximum Gasteiger partial charge on any atom is 0.336 e. The summed E-state index contributed by atoms with van der Waals surface area (Å²) < 4.78 is 1.95. The van der Waals surface area contributed by atoms with Gasteiger partial charge in [-0.05, 0) is 47.7 Å². The van der Waals surface area contributed by atoms with Crippen molar-refractivity contribution < 1.29 is 15.0 Å². The topological polar surface area (TPSA) is 74.8 Å². The predicted molar refractivity (Wildman–Crippen MR) is 112 cm³/mol. The van der Waals surface area contributed by atoms with Crippen LogP contribution in [0.4, 0.5) is 0 Å². The first-order chi connectivity index (χ1) is 14.0. The summed E-state index contributed by atoms with van der Waals surface area (Å²) in [4.78, 5) is 16.1. The van der Waals surface area contributed by atoms with Crippen molar-refractivity contribution in [3.63, 3.8) is 0 Å². The molecule has 2 aromatic heterocycles. The number of hydrogen-bond donors (Lipinski definition) is 2. The van der Waals surface area contributed by atoms with Crippen molar-refractivity contribution in [2.75, 3.05) is 0 Å². The number of benzene rings is 2. The number of aromatic nitrogens is 2. The second-order valence-electron chi connectivity index (χ2n) is 7.10. The zero-order valence-corrected chi connectivity index (χ0v) is 16.3. The van der Waals surface area contributed by atoms with E-state index in [0.29, 0.717) is 5.56 Å². The molecule has 0 bridgehead atoms. The van der Waals surface area contributed by atoms with Crippen molar-refractivity contribution in [3.05, 3.63) is 94.9 Å². The zero-order chi connectivity index (χ0) is 20.5. The number of aryl methyl sites for hydroxylation is 2. The van der Waals surface area contributed by atoms with Gasteiger partial charge in [-0.1, -0.05) is 55.5 Å². The van der Waals surface area contributed by atoms with Crippen molar-refractivity contribution >= 4 is 11.6 Å². The number of nitrogens with zero attached hydrogens (tertiary/aromatic N) is 2. The standard InChI is InChI=1S/C24H22N2O3/c1-3-18-14-26-21(13-8-15(2)23(26)25-18)22(27)17-11-9-16(10-12-17)19-6-4-5-7-20(19)24(28)29/h4-14,22,27H,3H2,1-2H3,(H,28,29)/t22-/m1/s1. The molecule has 146 valence electrons. The van der Waals surface area contributed by atoms with Gasteiger partial charge in [0.15, 0.2) is 0 Å². The van der Waals surface area contributed by atoms with Crippen LogP contribution < -0.4 is 0 Å². The number of carboxylic acid groups (broad SMARTS) is 1. The van der Waals surface area contributed by atoms with E-state index in [1.54, 1.807) is 18.2 Å². The van der Waals surface area contributed by atoms with Crippen LogP contribution in [0.5, 0.6) is 0 Å². The van der Waals surface area contributed by atoms with Crippen LogP contribution >= 0.6 is 0 Å². The van der Waals surface area contributed by atoms with E-state index in [0.717, 1.165) is 40.1 Å². The molecule has 0 radical (unpaired) electrons. The van der Waals surface area contributed by atoms with Crippen LogP contribution in [0.15, 0.2) is 66.9 Å². The Kier molecular flexibility index (Phi) is 4.91. The number of carboxylic acids is 1. The fraction of sp³-hybridized carbons (Fsp3) is 0.167. The summed E-state index contributed by atoms with van der Waals surface area (Å²) in [6, 6.07) is 18.2. The molecule has 0 saturated heterocycles. The van der Waals surface area contributed by atoms with Crippen LogP contribution in [0.3, 0.4) is 0 Å². The highest BCUT2D eigenvalue weighted by molar-refractivity contribution is 5.96. The maximum atomic E-state index is 11.5. The van der Waals surface area contributed by atoms with Crippen molar-refractivity contribution in [2.45, 2.75) is 26.4 Å². The van der Waals surface area contributed by atoms with Gasteiger partial charge in [0.05, 0.1) is 17.0 Å². The molecule has 0 unspecified atom stereocenters. The molecule has 0 amide bonds. The van der Waals surface area contributed by atoms with Gasteiger partial charge < -0.3 is 14.6 Å². The van der Waals surface area contributed by atoms with E-state index in [1.807, 2.05) is 60.0 Å². The fourth-order valence-electron chi connectivity index (χ4n) is 3.60. The normalized spacial score (nSPS) is 12.2. The van der Waals surface area contributed by atoms with E-state index in [-0.39, 0.29) is 5.56 Å². The Morgan fingerprint density at radius 2 is 1.79 bits per heavy atom. The number of aromatic carboxylic acids is 1. The number of imidazole rings is 1. The first-order valence-corrected chi connectivity index (χ1v) is 9.57. The van der Waals surface area contributed by atoms with Gasteiger partial charge >= 0.3 is 5.97 Å². The third-order valence-electron chi connectivity index (χ3n) is 5.23. The SMILES string of the molecule is CCc1cn2c([C@H](O)c3ccc(-c4ccccc4C(=O)O)cc3)ccc(C)c2n1. The molecule has 2 N–H and O–H groups in total. The first kappa shape index (κ1) is 18.9. The van der Waals surface area contributed by atoms with Crippen LogP contribution in [0, 0.1) is 6.92 Å². The van der Waals surface area contributed by atoms with Gasteiger partial charge in [0.1, 0.15) is 11.8 Å². The number of carbonyl (C=O) groups is 1. The lowest BCUT2D eigenvalue weighted by Gasteiger charge is -2.15. The highest BCUT2D eigenvalue weighted by Crippen LogP contribution is 2.29. The molecule has 0 aliphatic rings. The Morgan fingerprint density at radius 3 is 2.48 bits per heavy atom. The van der Waals surface area contributed by atoms with E-state index in [1.165, 1.54) is 0 Å². The van der Waals surface area contributed by atoms with Crippen molar-refractivity contribution in [2.24, 2.45) is 0 Å². The summed E-state index contributed by atoms with van der Waals surface area (Å²) in [5.74, 6) is -0.960. The molecule has 29 heavy (non-hydrogen) atoms. The molecule has 2 aromatic carbocycles. The summed E-state index contributed by atoms with van der Waals surface area (Å²) in [7, 11) is 0. The highest BCUT2D eigenvalue weighted by atomic mass is 16.4. The van der Waals surface area contributed by atoms with Crippen molar-refractivity contribution in [1.82, 2.24) is 9.38 Å². The molecule has 1 atom stereocenters. The average Bonchev–Trinajstić information content (AvgIpc) is 3.19. The molecule has 5 heteroatoms. The number of aliphatic hydroxyl groups is 1. The zero-order valence-electron chi connectivity index (χ0n) is 16.3. The minimum absolute atomic E-state index is 0.256. The summed E-state index contributed by atoms with van der Waals surface area (Å²) in [6.45, 7) is 4.06. The van der Waals surface area contributed by atoms with E-state index >= 15 is 0 Å². The summed E-state index contributed by atoms with van der Waals surface area (Å²) in [5, 5.41) is 20.4. The minimum Gasteiger partial charge on any atom is -0.478 e. The van der Waals surface area contributed by atoms with E-state index < -0.39 is 12.1 Å². The van der Waals surface area contributed by atoms with Crippen LogP contribution in [0.25, 0.3) is 16.8 Å². The molecule has 4 aromatic rings. The number of aliphatic hydroxyl groups excluding tert-OH is 1. The largest absolute Gasteiger partial charge is 0.478 e. The second kappa shape index (κ2) is 7.53. The molecule has 0 fully saturated rings. The third-order valence-corrected chi connectivity index (χ3v) is 5.23. The van der Waals surface area contributed by atoms with Gasteiger partial charge in [-0.3, -0.25) is 0 Å². The van der Waals surface area contributed by atoms with Gasteiger partial charge in [0, 0.05) is 6.20 Å². The molecule has 0 spiro atoms. The van der Waals surface area contributed by atoms with Crippen molar-refractivity contribution in [3.8, 4) is 11.1 Å². The van der Waals surface area contributed by atoms with Gasteiger partial charge in [-0.15, -0.1) is 0 Å². The van der Waals surface area contributed by atoms with Crippen molar-refractivity contribution in [1.29, 1.82) is 0 Å². The summed E-state index contributed by atoms with van der Waals surface area (Å²) in [5.41, 5.74) is 6.08. The van der Waals surface area contributed by atoms with Crippen LogP contribution in [0.1, 0.15) is 45.9 Å². The van der Waals surface area contributed by atoms with Crippen LogP contribution in [-0.2, 0) is 6.42 Å². The van der Waals surface area contributed by atoms with E-state index in [9.17, 15) is 15.0 Å². The minimum atomic E-state index is -0.960.